The highest BCUT2D eigenvalue weighted by molar-refractivity contribution is 8.00. The van der Waals surface area contributed by atoms with Crippen molar-refractivity contribution in [3.8, 4) is 0 Å². The Balaban J connectivity index is 2.19. The van der Waals surface area contributed by atoms with Crippen LogP contribution in [-0.4, -0.2) is 24.1 Å². The molecular weight excluding hydrogens is 166 g/mol. The second-order valence-corrected chi connectivity index (χ2v) is 5.83. The number of rotatable bonds is 4. The van der Waals surface area contributed by atoms with Crippen LogP contribution in [0.4, 0.5) is 0 Å². The average molecular weight is 187 g/mol. The van der Waals surface area contributed by atoms with Crippen molar-refractivity contribution in [2.45, 2.75) is 33.7 Å². The molecule has 1 fully saturated rings. The van der Waals surface area contributed by atoms with Crippen molar-refractivity contribution in [1.29, 1.82) is 0 Å². The summed E-state index contributed by atoms with van der Waals surface area (Å²) in [6, 6.07) is 0.799. The van der Waals surface area contributed by atoms with Crippen LogP contribution in [0.15, 0.2) is 0 Å². The summed E-state index contributed by atoms with van der Waals surface area (Å²) in [6.45, 7) is 10.5. The van der Waals surface area contributed by atoms with Crippen LogP contribution in [0.25, 0.3) is 0 Å². The van der Waals surface area contributed by atoms with Crippen LogP contribution in [0.3, 0.4) is 0 Å². The summed E-state index contributed by atoms with van der Waals surface area (Å²) in [7, 11) is 0. The topological polar surface area (TPSA) is 12.0 Å². The molecule has 1 heterocycles. The van der Waals surface area contributed by atoms with Gasteiger partial charge in [-0.3, -0.25) is 0 Å². The van der Waals surface area contributed by atoms with Gasteiger partial charge in [0.15, 0.2) is 0 Å². The molecule has 1 nitrogen and oxygen atoms in total. The van der Waals surface area contributed by atoms with Crippen LogP contribution in [0, 0.1) is 11.3 Å². The number of hydrogen-bond donors (Lipinski definition) is 1. The summed E-state index contributed by atoms with van der Waals surface area (Å²) in [5.74, 6) is 3.39. The van der Waals surface area contributed by atoms with Crippen LogP contribution >= 0.6 is 11.8 Å². The van der Waals surface area contributed by atoms with Gasteiger partial charge in [-0.25, -0.2) is 0 Å². The van der Waals surface area contributed by atoms with Gasteiger partial charge in [0, 0.05) is 24.1 Å². The average Bonchev–Trinajstić information content (AvgIpc) is 1.83. The molecule has 0 aliphatic carbocycles. The largest absolute Gasteiger partial charge is 0.312 e. The highest BCUT2D eigenvalue weighted by Crippen LogP contribution is 2.26. The smallest absolute Gasteiger partial charge is 0.0249 e. The maximum absolute atomic E-state index is 3.62. The molecular formula is C10H21NS. The van der Waals surface area contributed by atoms with E-state index in [-0.39, 0.29) is 0 Å². The Kier molecular flexibility index (Phi) is 3.47. The first kappa shape index (κ1) is 10.4. The Bertz CT molecular complexity index is 139. The first-order valence-corrected chi connectivity index (χ1v) is 5.99. The molecule has 0 aromatic carbocycles. The van der Waals surface area contributed by atoms with E-state index in [1.807, 2.05) is 11.8 Å². The standard InChI is InChI=1S/C10H21NS/c1-8(2)10(3,4)7-11-9-5-12-6-9/h8-9,11H,5-7H2,1-4H3. The summed E-state index contributed by atoms with van der Waals surface area (Å²) in [4.78, 5) is 0. The molecule has 0 unspecified atom stereocenters. The van der Waals surface area contributed by atoms with Gasteiger partial charge in [-0.15, -0.1) is 0 Å². The molecule has 1 aliphatic rings. The predicted molar refractivity (Wildman–Crippen MR) is 57.7 cm³/mol. The van der Waals surface area contributed by atoms with Gasteiger partial charge in [0.05, 0.1) is 0 Å². The van der Waals surface area contributed by atoms with E-state index in [0.717, 1.165) is 18.5 Å². The quantitative estimate of drug-likeness (QED) is 0.725. The fourth-order valence-corrected chi connectivity index (χ4v) is 1.67. The maximum atomic E-state index is 3.62. The number of nitrogens with one attached hydrogen (secondary N) is 1. The lowest BCUT2D eigenvalue weighted by atomic mass is 9.81. The van der Waals surface area contributed by atoms with Gasteiger partial charge in [-0.1, -0.05) is 27.7 Å². The molecule has 2 heteroatoms. The van der Waals surface area contributed by atoms with E-state index in [9.17, 15) is 0 Å². The van der Waals surface area contributed by atoms with E-state index >= 15 is 0 Å². The Labute approximate surface area is 80.7 Å². The minimum Gasteiger partial charge on any atom is -0.312 e. The van der Waals surface area contributed by atoms with Gasteiger partial charge in [0.25, 0.3) is 0 Å². The second-order valence-electron chi connectivity index (χ2n) is 4.76. The Morgan fingerprint density at radius 2 is 2.00 bits per heavy atom. The van der Waals surface area contributed by atoms with E-state index in [1.165, 1.54) is 11.5 Å². The van der Waals surface area contributed by atoms with E-state index in [0.29, 0.717) is 5.41 Å². The molecule has 0 amide bonds. The van der Waals surface area contributed by atoms with Crippen molar-refractivity contribution in [2.75, 3.05) is 18.1 Å². The Morgan fingerprint density at radius 3 is 2.33 bits per heavy atom. The number of hydrogen-bond acceptors (Lipinski definition) is 2. The third kappa shape index (κ3) is 2.67. The molecule has 0 radical (unpaired) electrons. The molecule has 12 heavy (non-hydrogen) atoms. The molecule has 1 rings (SSSR count). The fraction of sp³-hybridized carbons (Fsp3) is 1.00. The van der Waals surface area contributed by atoms with Gasteiger partial charge in [0.2, 0.25) is 0 Å². The monoisotopic (exact) mass is 187 g/mol. The zero-order valence-electron chi connectivity index (χ0n) is 8.68. The lowest BCUT2D eigenvalue weighted by Crippen LogP contribution is -2.45. The maximum Gasteiger partial charge on any atom is 0.0249 e. The van der Waals surface area contributed by atoms with Crippen LogP contribution < -0.4 is 5.32 Å². The van der Waals surface area contributed by atoms with Crippen LogP contribution in [0.1, 0.15) is 27.7 Å². The van der Waals surface area contributed by atoms with Gasteiger partial charge in [-0.05, 0) is 11.3 Å². The Hall–Kier alpha value is 0.310. The molecule has 1 N–H and O–H groups in total. The van der Waals surface area contributed by atoms with Crippen molar-refractivity contribution >= 4 is 11.8 Å². The molecule has 72 valence electrons. The normalized spacial score (nSPS) is 19.8. The molecule has 0 bridgehead atoms. The molecule has 1 saturated heterocycles. The molecule has 1 aliphatic heterocycles. The summed E-state index contributed by atoms with van der Waals surface area (Å²) in [6.07, 6.45) is 0. The van der Waals surface area contributed by atoms with Gasteiger partial charge >= 0.3 is 0 Å². The summed E-state index contributed by atoms with van der Waals surface area (Å²) in [5.41, 5.74) is 0.445. The van der Waals surface area contributed by atoms with E-state index < -0.39 is 0 Å². The van der Waals surface area contributed by atoms with Crippen molar-refractivity contribution < 1.29 is 0 Å². The molecule has 0 saturated carbocycles. The summed E-state index contributed by atoms with van der Waals surface area (Å²) >= 11 is 2.04. The zero-order valence-corrected chi connectivity index (χ0v) is 9.50. The molecule has 0 atom stereocenters. The van der Waals surface area contributed by atoms with Crippen molar-refractivity contribution in [3.05, 3.63) is 0 Å². The van der Waals surface area contributed by atoms with E-state index in [4.69, 9.17) is 0 Å². The molecule has 0 spiro atoms. The minimum atomic E-state index is 0.445. The van der Waals surface area contributed by atoms with Gasteiger partial charge < -0.3 is 5.32 Å². The van der Waals surface area contributed by atoms with E-state index in [2.05, 4.69) is 33.0 Å². The number of thioether (sulfide) groups is 1. The van der Waals surface area contributed by atoms with Crippen LogP contribution in [-0.2, 0) is 0 Å². The highest BCUT2D eigenvalue weighted by atomic mass is 32.2. The zero-order chi connectivity index (χ0) is 9.19. The third-order valence-electron chi connectivity index (χ3n) is 3.05. The molecule has 0 aromatic heterocycles. The third-order valence-corrected chi connectivity index (χ3v) is 4.32. The summed E-state index contributed by atoms with van der Waals surface area (Å²) in [5, 5.41) is 3.62. The first-order chi connectivity index (χ1) is 5.52. The van der Waals surface area contributed by atoms with Gasteiger partial charge in [0.1, 0.15) is 0 Å². The van der Waals surface area contributed by atoms with Crippen molar-refractivity contribution in [2.24, 2.45) is 11.3 Å². The van der Waals surface area contributed by atoms with Crippen LogP contribution in [0.2, 0.25) is 0 Å². The lowest BCUT2D eigenvalue weighted by Gasteiger charge is -2.34. The summed E-state index contributed by atoms with van der Waals surface area (Å²) < 4.78 is 0. The van der Waals surface area contributed by atoms with Gasteiger partial charge in [-0.2, -0.15) is 11.8 Å². The first-order valence-electron chi connectivity index (χ1n) is 4.83. The SMILES string of the molecule is CC(C)C(C)(C)CNC1CSC1. The van der Waals surface area contributed by atoms with Crippen LogP contribution in [0.5, 0.6) is 0 Å². The minimum absolute atomic E-state index is 0.445. The van der Waals surface area contributed by atoms with Crippen molar-refractivity contribution in [1.82, 2.24) is 5.32 Å². The van der Waals surface area contributed by atoms with E-state index in [1.54, 1.807) is 0 Å². The fourth-order valence-electron chi connectivity index (χ4n) is 0.965. The Morgan fingerprint density at radius 1 is 1.42 bits per heavy atom. The molecule has 0 aromatic rings. The second kappa shape index (κ2) is 4.01. The predicted octanol–water partition coefficient (Wildman–Crippen LogP) is 2.37. The highest BCUT2D eigenvalue weighted by Gasteiger charge is 2.25. The van der Waals surface area contributed by atoms with Crippen molar-refractivity contribution in [3.63, 3.8) is 0 Å². The lowest BCUT2D eigenvalue weighted by molar-refractivity contribution is 0.232.